The molecule has 0 aliphatic rings. The summed E-state index contributed by atoms with van der Waals surface area (Å²) in [6.07, 6.45) is -3.98. The van der Waals surface area contributed by atoms with Crippen molar-refractivity contribution >= 4 is 5.91 Å². The van der Waals surface area contributed by atoms with Gasteiger partial charge in [0.2, 0.25) is 5.69 Å². The zero-order valence-corrected chi connectivity index (χ0v) is 18.3. The Bertz CT molecular complexity index is 1300. The maximum Gasteiger partial charge on any atom is 0.416 e. The average molecular weight is 460 g/mol. The van der Waals surface area contributed by atoms with Crippen LogP contribution in [0.25, 0.3) is 5.69 Å². The Balaban J connectivity index is 2.19. The fourth-order valence-electron chi connectivity index (χ4n) is 3.15. The lowest BCUT2D eigenvalue weighted by Crippen LogP contribution is -2.47. The van der Waals surface area contributed by atoms with Gasteiger partial charge in [0.25, 0.3) is 11.5 Å². The number of nitrogens with zero attached hydrogens (tertiary/aromatic N) is 3. The van der Waals surface area contributed by atoms with Gasteiger partial charge < -0.3 is 5.32 Å². The lowest BCUT2D eigenvalue weighted by Gasteiger charge is -2.15. The quantitative estimate of drug-likeness (QED) is 0.612. The van der Waals surface area contributed by atoms with E-state index in [2.05, 4.69) is 10.4 Å². The molecule has 10 heteroatoms. The number of rotatable bonds is 6. The van der Waals surface area contributed by atoms with Gasteiger partial charge in [-0.3, -0.25) is 14.2 Å². The molecule has 0 aliphatic carbocycles. The molecule has 0 spiro atoms. The molecule has 3 rings (SSSR count). The Kier molecular flexibility index (Phi) is 6.85. The number of hydrogen-bond acceptors (Lipinski definition) is 4. The summed E-state index contributed by atoms with van der Waals surface area (Å²) in [5, 5.41) is 6.65. The molecule has 0 fully saturated rings. The molecule has 1 amide bonds. The highest BCUT2D eigenvalue weighted by Gasteiger charge is 2.30. The van der Waals surface area contributed by atoms with Crippen molar-refractivity contribution in [3.8, 4) is 5.69 Å². The van der Waals surface area contributed by atoms with Gasteiger partial charge in [-0.05, 0) is 55.7 Å². The highest BCUT2D eigenvalue weighted by atomic mass is 19.4. The van der Waals surface area contributed by atoms with Gasteiger partial charge in [-0.1, -0.05) is 31.2 Å². The van der Waals surface area contributed by atoms with Gasteiger partial charge in [0, 0.05) is 6.04 Å². The standard InChI is InChI=1S/C23H23F3N4O3/c1-4-15(3)27-20(31)19-21(32)29(13-16-8-6-9-17(12-16)23(24,25)26)22(33)30(28-19)18-10-5-7-14(2)11-18/h5-12,15H,4,13H2,1-3H3,(H,27,31). The predicted molar refractivity (Wildman–Crippen MR) is 117 cm³/mol. The van der Waals surface area contributed by atoms with Gasteiger partial charge in [-0.15, -0.1) is 0 Å². The number of nitrogens with one attached hydrogen (secondary N) is 1. The van der Waals surface area contributed by atoms with E-state index >= 15 is 0 Å². The molecule has 1 aromatic heterocycles. The molecule has 0 radical (unpaired) electrons. The molecule has 7 nitrogen and oxygen atoms in total. The fraction of sp³-hybridized carbons (Fsp3) is 0.304. The second kappa shape index (κ2) is 9.43. The maximum atomic E-state index is 13.2. The molecule has 3 aromatic rings. The number of benzene rings is 2. The van der Waals surface area contributed by atoms with E-state index in [-0.39, 0.29) is 11.6 Å². The minimum Gasteiger partial charge on any atom is -0.348 e. The van der Waals surface area contributed by atoms with Crippen molar-refractivity contribution in [3.05, 3.63) is 91.8 Å². The summed E-state index contributed by atoms with van der Waals surface area (Å²) in [6, 6.07) is 10.8. The van der Waals surface area contributed by atoms with Crippen molar-refractivity contribution in [2.45, 2.75) is 46.0 Å². The second-order valence-corrected chi connectivity index (χ2v) is 7.75. The zero-order chi connectivity index (χ0) is 24.3. The van der Waals surface area contributed by atoms with E-state index in [0.717, 1.165) is 26.9 Å². The first-order chi connectivity index (χ1) is 15.5. The van der Waals surface area contributed by atoms with E-state index in [9.17, 15) is 27.6 Å². The van der Waals surface area contributed by atoms with Crippen LogP contribution in [0.15, 0.2) is 58.1 Å². The van der Waals surface area contributed by atoms with Crippen LogP contribution >= 0.6 is 0 Å². The van der Waals surface area contributed by atoms with Crippen LogP contribution in [0.4, 0.5) is 13.2 Å². The molecule has 33 heavy (non-hydrogen) atoms. The van der Waals surface area contributed by atoms with Gasteiger partial charge in [-0.25, -0.2) is 4.79 Å². The minimum absolute atomic E-state index is 0.0827. The van der Waals surface area contributed by atoms with Crippen LogP contribution in [-0.2, 0) is 12.7 Å². The van der Waals surface area contributed by atoms with E-state index in [0.29, 0.717) is 12.1 Å². The van der Waals surface area contributed by atoms with Gasteiger partial charge in [0.05, 0.1) is 17.8 Å². The maximum absolute atomic E-state index is 13.2. The molecular weight excluding hydrogens is 437 g/mol. The number of halogens is 3. The van der Waals surface area contributed by atoms with Crippen molar-refractivity contribution < 1.29 is 18.0 Å². The Morgan fingerprint density at radius 2 is 1.82 bits per heavy atom. The van der Waals surface area contributed by atoms with Gasteiger partial charge in [0.1, 0.15) is 0 Å². The SMILES string of the molecule is CCC(C)NC(=O)c1nn(-c2cccc(C)c2)c(=O)n(Cc2cccc(C(F)(F)F)c2)c1=O. The molecule has 1 atom stereocenters. The topological polar surface area (TPSA) is 86.0 Å². The van der Waals surface area contributed by atoms with E-state index < -0.39 is 41.1 Å². The molecule has 1 heterocycles. The summed E-state index contributed by atoms with van der Waals surface area (Å²) in [5.74, 6) is -0.770. The van der Waals surface area contributed by atoms with Crippen molar-refractivity contribution in [1.82, 2.24) is 19.7 Å². The fourth-order valence-corrected chi connectivity index (χ4v) is 3.15. The van der Waals surface area contributed by atoms with Crippen LogP contribution in [0.3, 0.4) is 0 Å². The number of amides is 1. The summed E-state index contributed by atoms with van der Waals surface area (Å²) < 4.78 is 41.0. The summed E-state index contributed by atoms with van der Waals surface area (Å²) in [7, 11) is 0. The average Bonchev–Trinajstić information content (AvgIpc) is 2.76. The summed E-state index contributed by atoms with van der Waals surface area (Å²) >= 11 is 0. The molecule has 2 aromatic carbocycles. The van der Waals surface area contributed by atoms with E-state index in [4.69, 9.17) is 0 Å². The number of aryl methyl sites for hydroxylation is 1. The van der Waals surface area contributed by atoms with Crippen LogP contribution < -0.4 is 16.6 Å². The largest absolute Gasteiger partial charge is 0.416 e. The molecule has 0 bridgehead atoms. The van der Waals surface area contributed by atoms with Crippen molar-refractivity contribution in [2.24, 2.45) is 0 Å². The number of alkyl halides is 3. The van der Waals surface area contributed by atoms with Crippen LogP contribution in [0.2, 0.25) is 0 Å². The molecule has 1 unspecified atom stereocenters. The Labute approximate surface area is 187 Å². The number of hydrogen-bond donors (Lipinski definition) is 1. The normalized spacial score (nSPS) is 12.4. The Morgan fingerprint density at radius 1 is 1.12 bits per heavy atom. The smallest absolute Gasteiger partial charge is 0.348 e. The second-order valence-electron chi connectivity index (χ2n) is 7.75. The monoisotopic (exact) mass is 460 g/mol. The Hall–Kier alpha value is -3.69. The van der Waals surface area contributed by atoms with Gasteiger partial charge in [0.15, 0.2) is 0 Å². The van der Waals surface area contributed by atoms with Gasteiger partial charge >= 0.3 is 11.9 Å². The van der Waals surface area contributed by atoms with Crippen LogP contribution in [0, 0.1) is 6.92 Å². The van der Waals surface area contributed by atoms with E-state index in [1.807, 2.05) is 6.92 Å². The predicted octanol–water partition coefficient (Wildman–Crippen LogP) is 3.30. The zero-order valence-electron chi connectivity index (χ0n) is 18.3. The van der Waals surface area contributed by atoms with E-state index in [1.165, 1.54) is 12.1 Å². The third-order valence-corrected chi connectivity index (χ3v) is 5.11. The Morgan fingerprint density at radius 3 is 2.45 bits per heavy atom. The molecular formula is C23H23F3N4O3. The van der Waals surface area contributed by atoms with Crippen molar-refractivity contribution in [2.75, 3.05) is 0 Å². The van der Waals surface area contributed by atoms with E-state index in [1.54, 1.807) is 38.1 Å². The first-order valence-corrected chi connectivity index (χ1v) is 10.3. The van der Waals surface area contributed by atoms with Crippen LogP contribution in [0.5, 0.6) is 0 Å². The summed E-state index contributed by atoms with van der Waals surface area (Å²) in [4.78, 5) is 38.9. The van der Waals surface area contributed by atoms with Gasteiger partial charge in [-0.2, -0.15) is 23.0 Å². The number of carbonyl (C=O) groups excluding carboxylic acids is 1. The minimum atomic E-state index is -4.58. The third-order valence-electron chi connectivity index (χ3n) is 5.11. The molecule has 0 aliphatic heterocycles. The molecule has 0 saturated carbocycles. The number of aromatic nitrogens is 3. The first kappa shape index (κ1) is 24.0. The summed E-state index contributed by atoms with van der Waals surface area (Å²) in [5.41, 5.74) is -2.08. The summed E-state index contributed by atoms with van der Waals surface area (Å²) in [6.45, 7) is 4.93. The van der Waals surface area contributed by atoms with Crippen LogP contribution in [0.1, 0.15) is 47.4 Å². The molecule has 1 N–H and O–H groups in total. The lowest BCUT2D eigenvalue weighted by atomic mass is 10.1. The van der Waals surface area contributed by atoms with Crippen molar-refractivity contribution in [1.29, 1.82) is 0 Å². The number of carbonyl (C=O) groups is 1. The first-order valence-electron chi connectivity index (χ1n) is 10.3. The third kappa shape index (κ3) is 5.39. The lowest BCUT2D eigenvalue weighted by molar-refractivity contribution is -0.137. The molecule has 0 saturated heterocycles. The van der Waals surface area contributed by atoms with Crippen LogP contribution in [-0.4, -0.2) is 26.3 Å². The van der Waals surface area contributed by atoms with Crippen molar-refractivity contribution in [3.63, 3.8) is 0 Å². The highest BCUT2D eigenvalue weighted by molar-refractivity contribution is 5.91. The molecule has 174 valence electrons. The highest BCUT2D eigenvalue weighted by Crippen LogP contribution is 2.29.